The van der Waals surface area contributed by atoms with Gasteiger partial charge in [-0.3, -0.25) is 9.59 Å². The van der Waals surface area contributed by atoms with Crippen LogP contribution in [0, 0.1) is 0 Å². The van der Waals surface area contributed by atoms with Gasteiger partial charge in [0, 0.05) is 12.8 Å². The fraction of sp³-hybridized carbons (Fsp3) is 0.974. The van der Waals surface area contributed by atoms with Crippen molar-refractivity contribution in [1.29, 1.82) is 0 Å². The fourth-order valence-electron chi connectivity index (χ4n) is 12.8. The van der Waals surface area contributed by atoms with Crippen LogP contribution in [0.3, 0.4) is 0 Å². The van der Waals surface area contributed by atoms with Crippen LogP contribution in [0.4, 0.5) is 0 Å². The average molecular weight is 1170 g/mol. The van der Waals surface area contributed by atoms with Gasteiger partial charge in [0.15, 0.2) is 0 Å². The van der Waals surface area contributed by atoms with Crippen LogP contribution >= 0.6 is 0 Å². The lowest BCUT2D eigenvalue weighted by Crippen LogP contribution is -2.45. The van der Waals surface area contributed by atoms with Gasteiger partial charge >= 0.3 is 5.97 Å². The summed E-state index contributed by atoms with van der Waals surface area (Å²) >= 11 is 0. The molecule has 83 heavy (non-hydrogen) atoms. The third kappa shape index (κ3) is 69.8. The topological polar surface area (TPSA) is 95.9 Å². The fourth-order valence-corrected chi connectivity index (χ4v) is 12.8. The van der Waals surface area contributed by atoms with Gasteiger partial charge in [-0.2, -0.15) is 0 Å². The molecule has 6 nitrogen and oxygen atoms in total. The van der Waals surface area contributed by atoms with Crippen molar-refractivity contribution in [2.24, 2.45) is 0 Å². The number of hydrogen-bond donors (Lipinski definition) is 3. The molecule has 0 aliphatic carbocycles. The largest absolute Gasteiger partial charge is 0.466 e. The average Bonchev–Trinajstić information content (AvgIpc) is 3.49. The van der Waals surface area contributed by atoms with Crippen molar-refractivity contribution in [1.82, 2.24) is 5.32 Å². The molecule has 2 unspecified atom stereocenters. The number of carbonyl (C=O) groups excluding carboxylic acids is 2. The van der Waals surface area contributed by atoms with Crippen molar-refractivity contribution in [3.05, 3.63) is 0 Å². The SMILES string of the molecule is CCCCCCCCCCCCCCCCCCCCC(=O)OCCCCCCCCCCCCCCCCCCCCCCCCCCCCCCCCCCCCCC(=O)NC(CO)C(O)CCCCCCCCCCCCCCC. The highest BCUT2D eigenvalue weighted by Crippen LogP contribution is 2.20. The summed E-state index contributed by atoms with van der Waals surface area (Å²) in [7, 11) is 0. The van der Waals surface area contributed by atoms with E-state index in [1.165, 1.54) is 385 Å². The zero-order valence-electron chi connectivity index (χ0n) is 57.0. The van der Waals surface area contributed by atoms with Gasteiger partial charge in [-0.05, 0) is 25.7 Å². The Hall–Kier alpha value is -1.14. The molecule has 0 aromatic heterocycles. The standard InChI is InChI=1S/C77H153NO5/c1-3-5-7-9-11-13-15-17-18-19-40-43-47-51-55-59-63-67-71-77(82)83-72-68-64-60-56-52-48-44-41-38-36-34-32-30-28-26-24-22-20-21-23-25-27-29-31-33-35-37-39-42-46-50-54-58-62-66-70-76(81)78-74(73-79)75(80)69-65-61-57-53-49-45-16-14-12-10-8-6-4-2/h74-75,79-80H,3-73H2,1-2H3,(H,78,81). The van der Waals surface area contributed by atoms with E-state index < -0.39 is 12.1 Å². The number of amides is 1. The molecule has 0 rings (SSSR count). The lowest BCUT2D eigenvalue weighted by atomic mass is 10.0. The number of unbranched alkanes of at least 4 members (excludes halogenated alkanes) is 63. The van der Waals surface area contributed by atoms with Crippen LogP contribution < -0.4 is 5.32 Å². The first-order valence-electron chi connectivity index (χ1n) is 38.8. The maximum Gasteiger partial charge on any atom is 0.305 e. The molecule has 3 N–H and O–H groups in total. The zero-order valence-corrected chi connectivity index (χ0v) is 57.0. The van der Waals surface area contributed by atoms with Crippen molar-refractivity contribution < 1.29 is 24.5 Å². The third-order valence-corrected chi connectivity index (χ3v) is 18.7. The molecule has 6 heteroatoms. The summed E-state index contributed by atoms with van der Waals surface area (Å²) < 4.78 is 5.52. The summed E-state index contributed by atoms with van der Waals surface area (Å²) in [6.45, 7) is 5.01. The Kier molecular flexibility index (Phi) is 72.3. The van der Waals surface area contributed by atoms with Crippen molar-refractivity contribution in [3.8, 4) is 0 Å². The maximum atomic E-state index is 12.5. The van der Waals surface area contributed by atoms with Crippen LogP contribution in [-0.2, 0) is 14.3 Å². The van der Waals surface area contributed by atoms with E-state index in [1.807, 2.05) is 0 Å². The molecule has 0 saturated heterocycles. The second-order valence-electron chi connectivity index (χ2n) is 27.1. The summed E-state index contributed by atoms with van der Waals surface area (Å²) in [4.78, 5) is 24.6. The molecule has 0 aliphatic heterocycles. The van der Waals surface area contributed by atoms with E-state index in [4.69, 9.17) is 4.74 Å². The number of aliphatic hydroxyl groups excluding tert-OH is 2. The van der Waals surface area contributed by atoms with Crippen molar-refractivity contribution in [2.45, 2.75) is 469 Å². The van der Waals surface area contributed by atoms with Gasteiger partial charge in [-0.15, -0.1) is 0 Å². The molecule has 0 saturated carbocycles. The van der Waals surface area contributed by atoms with Crippen LogP contribution in [-0.4, -0.2) is 47.4 Å². The Bertz CT molecular complexity index is 1210. The molecule has 0 bridgehead atoms. The minimum atomic E-state index is -0.659. The lowest BCUT2D eigenvalue weighted by molar-refractivity contribution is -0.143. The van der Waals surface area contributed by atoms with Crippen molar-refractivity contribution in [2.75, 3.05) is 13.2 Å². The van der Waals surface area contributed by atoms with Crippen LogP contribution in [0.1, 0.15) is 457 Å². The first-order valence-corrected chi connectivity index (χ1v) is 38.8. The Labute approximate surface area is 521 Å². The number of ether oxygens (including phenoxy) is 1. The molecule has 0 heterocycles. The van der Waals surface area contributed by atoms with E-state index in [9.17, 15) is 19.8 Å². The summed E-state index contributed by atoms with van der Waals surface area (Å²) in [6.07, 6.45) is 90.6. The monoisotopic (exact) mass is 1170 g/mol. The molecular weight excluding hydrogens is 1020 g/mol. The van der Waals surface area contributed by atoms with Crippen LogP contribution in [0.2, 0.25) is 0 Å². The second kappa shape index (κ2) is 73.3. The Morgan fingerprint density at radius 1 is 0.289 bits per heavy atom. The quantitative estimate of drug-likeness (QED) is 0.0417. The van der Waals surface area contributed by atoms with Gasteiger partial charge in [0.25, 0.3) is 0 Å². The Morgan fingerprint density at radius 3 is 0.735 bits per heavy atom. The third-order valence-electron chi connectivity index (χ3n) is 18.7. The van der Waals surface area contributed by atoms with E-state index in [0.717, 1.165) is 38.5 Å². The second-order valence-corrected chi connectivity index (χ2v) is 27.1. The molecule has 0 aromatic rings. The van der Waals surface area contributed by atoms with E-state index in [1.54, 1.807) is 0 Å². The minimum Gasteiger partial charge on any atom is -0.466 e. The van der Waals surface area contributed by atoms with Gasteiger partial charge in [-0.25, -0.2) is 0 Å². The summed E-state index contributed by atoms with van der Waals surface area (Å²) in [5.41, 5.74) is 0. The van der Waals surface area contributed by atoms with Crippen LogP contribution in [0.25, 0.3) is 0 Å². The van der Waals surface area contributed by atoms with Gasteiger partial charge in [-0.1, -0.05) is 418 Å². The molecule has 0 fully saturated rings. The van der Waals surface area contributed by atoms with Crippen molar-refractivity contribution in [3.63, 3.8) is 0 Å². The van der Waals surface area contributed by atoms with Crippen LogP contribution in [0.5, 0.6) is 0 Å². The highest BCUT2D eigenvalue weighted by molar-refractivity contribution is 5.76. The predicted molar refractivity (Wildman–Crippen MR) is 366 cm³/mol. The summed E-state index contributed by atoms with van der Waals surface area (Å²) in [5, 5.41) is 23.3. The number of esters is 1. The zero-order chi connectivity index (χ0) is 59.9. The smallest absolute Gasteiger partial charge is 0.305 e. The lowest BCUT2D eigenvalue weighted by Gasteiger charge is -2.22. The van der Waals surface area contributed by atoms with E-state index >= 15 is 0 Å². The van der Waals surface area contributed by atoms with E-state index in [-0.39, 0.29) is 18.5 Å². The molecule has 0 aromatic carbocycles. The van der Waals surface area contributed by atoms with Gasteiger partial charge in [0.1, 0.15) is 0 Å². The summed E-state index contributed by atoms with van der Waals surface area (Å²) in [6, 6.07) is -0.535. The highest BCUT2D eigenvalue weighted by atomic mass is 16.5. The Balaban J connectivity index is 3.27. The maximum absolute atomic E-state index is 12.5. The molecule has 0 aliphatic rings. The van der Waals surface area contributed by atoms with E-state index in [0.29, 0.717) is 25.9 Å². The Morgan fingerprint density at radius 2 is 0.494 bits per heavy atom. The number of hydrogen-bond acceptors (Lipinski definition) is 5. The summed E-state index contributed by atoms with van der Waals surface area (Å²) in [5.74, 6) is 0.00194. The normalized spacial score (nSPS) is 12.4. The molecule has 0 spiro atoms. The number of nitrogens with one attached hydrogen (secondary N) is 1. The highest BCUT2D eigenvalue weighted by Gasteiger charge is 2.20. The molecular formula is C77H153NO5. The first-order chi connectivity index (χ1) is 41.0. The van der Waals surface area contributed by atoms with Gasteiger partial charge < -0.3 is 20.3 Å². The van der Waals surface area contributed by atoms with E-state index in [2.05, 4.69) is 19.2 Å². The van der Waals surface area contributed by atoms with Gasteiger partial charge in [0.2, 0.25) is 5.91 Å². The van der Waals surface area contributed by atoms with Crippen LogP contribution in [0.15, 0.2) is 0 Å². The predicted octanol–water partition coefficient (Wildman–Crippen LogP) is 25.3. The molecule has 0 radical (unpaired) electrons. The molecule has 2 atom stereocenters. The van der Waals surface area contributed by atoms with Gasteiger partial charge in [0.05, 0.1) is 25.4 Å². The van der Waals surface area contributed by atoms with Crippen molar-refractivity contribution >= 4 is 11.9 Å². The first kappa shape index (κ1) is 81.9. The molecule has 496 valence electrons. The minimum absolute atomic E-state index is 0.0264. The molecule has 1 amide bonds. The number of rotatable bonds is 74. The number of aliphatic hydroxyl groups is 2. The number of carbonyl (C=O) groups is 2.